The van der Waals surface area contributed by atoms with Crippen LogP contribution in [0.25, 0.3) is 0 Å². The number of nitrogens with one attached hydrogen (secondary N) is 1. The molecule has 0 spiro atoms. The Balaban J connectivity index is 1.68. The smallest absolute Gasteiger partial charge is 0.339 e. The van der Waals surface area contributed by atoms with Crippen molar-refractivity contribution < 1.29 is 28.9 Å². The van der Waals surface area contributed by atoms with Crippen molar-refractivity contribution >= 4 is 11.9 Å². The third-order valence-corrected chi connectivity index (χ3v) is 4.06. The average Bonchev–Trinajstić information content (AvgIpc) is 2.65. The molecule has 1 amide bonds. The second-order valence-electron chi connectivity index (χ2n) is 5.87. The lowest BCUT2D eigenvalue weighted by atomic mass is 10.1. The first-order valence-electron chi connectivity index (χ1n) is 8.10. The van der Waals surface area contributed by atoms with Crippen LogP contribution in [0.4, 0.5) is 0 Å². The van der Waals surface area contributed by atoms with Crippen LogP contribution in [0.5, 0.6) is 17.2 Å². The van der Waals surface area contributed by atoms with Crippen molar-refractivity contribution in [2.24, 2.45) is 0 Å². The van der Waals surface area contributed by atoms with Crippen molar-refractivity contribution in [3.63, 3.8) is 0 Å². The third-order valence-electron chi connectivity index (χ3n) is 4.06. The van der Waals surface area contributed by atoms with Crippen LogP contribution < -0.4 is 19.5 Å². The highest BCUT2D eigenvalue weighted by Crippen LogP contribution is 2.33. The summed E-state index contributed by atoms with van der Waals surface area (Å²) in [4.78, 5) is 23.8. The van der Waals surface area contributed by atoms with Crippen molar-refractivity contribution in [1.29, 1.82) is 0 Å². The summed E-state index contributed by atoms with van der Waals surface area (Å²) in [6.07, 6.45) is -1.24. The lowest BCUT2D eigenvalue weighted by molar-refractivity contribution is -0.133. The van der Waals surface area contributed by atoms with E-state index in [-0.39, 0.29) is 23.8 Å². The number of carboxylic acid groups (broad SMARTS) is 1. The van der Waals surface area contributed by atoms with Gasteiger partial charge in [-0.25, -0.2) is 4.79 Å². The Kier molecular flexibility index (Phi) is 4.97. The molecular formula is C19H19NO6. The van der Waals surface area contributed by atoms with E-state index >= 15 is 0 Å². The first-order valence-corrected chi connectivity index (χ1v) is 8.10. The van der Waals surface area contributed by atoms with Crippen molar-refractivity contribution in [1.82, 2.24) is 5.32 Å². The summed E-state index contributed by atoms with van der Waals surface area (Å²) in [5, 5.41) is 12.0. The van der Waals surface area contributed by atoms with Crippen LogP contribution in [-0.4, -0.2) is 36.3 Å². The lowest BCUT2D eigenvalue weighted by Gasteiger charge is -2.31. The van der Waals surface area contributed by atoms with E-state index in [1.165, 1.54) is 13.2 Å². The summed E-state index contributed by atoms with van der Waals surface area (Å²) >= 11 is 0. The Morgan fingerprint density at radius 3 is 2.50 bits per heavy atom. The highest BCUT2D eigenvalue weighted by Gasteiger charge is 2.33. The number of carbonyl (C=O) groups excluding carboxylic acids is 1. The Bertz CT molecular complexity index is 835. The maximum Gasteiger partial charge on any atom is 0.339 e. The Labute approximate surface area is 150 Å². The zero-order chi connectivity index (χ0) is 18.7. The first-order chi connectivity index (χ1) is 12.5. The van der Waals surface area contributed by atoms with Crippen LogP contribution in [0.3, 0.4) is 0 Å². The average molecular weight is 357 g/mol. The van der Waals surface area contributed by atoms with Crippen molar-refractivity contribution in [2.45, 2.75) is 25.7 Å². The van der Waals surface area contributed by atoms with Gasteiger partial charge in [0.2, 0.25) is 6.10 Å². The topological polar surface area (TPSA) is 94.1 Å². The molecule has 0 saturated heterocycles. The van der Waals surface area contributed by atoms with E-state index in [0.717, 1.165) is 0 Å². The van der Waals surface area contributed by atoms with E-state index in [0.29, 0.717) is 17.1 Å². The molecule has 136 valence electrons. The van der Waals surface area contributed by atoms with E-state index in [9.17, 15) is 14.7 Å². The van der Waals surface area contributed by atoms with Gasteiger partial charge < -0.3 is 24.6 Å². The number of ether oxygens (including phenoxy) is 3. The van der Waals surface area contributed by atoms with Gasteiger partial charge in [0.1, 0.15) is 17.4 Å². The van der Waals surface area contributed by atoms with Gasteiger partial charge in [-0.1, -0.05) is 18.2 Å². The molecule has 7 nitrogen and oxygen atoms in total. The predicted molar refractivity (Wildman–Crippen MR) is 92.7 cm³/mol. The summed E-state index contributed by atoms with van der Waals surface area (Å²) in [5.41, 5.74) is 0.681. The maximum absolute atomic E-state index is 12.5. The minimum Gasteiger partial charge on any atom is -0.496 e. The van der Waals surface area contributed by atoms with Gasteiger partial charge >= 0.3 is 5.97 Å². The molecule has 2 unspecified atom stereocenters. The quantitative estimate of drug-likeness (QED) is 0.852. The highest BCUT2D eigenvalue weighted by molar-refractivity contribution is 5.91. The van der Waals surface area contributed by atoms with Gasteiger partial charge in [-0.3, -0.25) is 4.79 Å². The monoisotopic (exact) mass is 357 g/mol. The molecule has 0 radical (unpaired) electrons. The molecule has 0 bridgehead atoms. The molecule has 2 aromatic rings. The molecule has 0 fully saturated rings. The molecule has 1 heterocycles. The molecule has 26 heavy (non-hydrogen) atoms. The molecule has 2 atom stereocenters. The number of methoxy groups -OCH3 is 1. The second-order valence-corrected chi connectivity index (χ2v) is 5.87. The number of para-hydroxylation sites is 2. The van der Waals surface area contributed by atoms with E-state index in [1.54, 1.807) is 37.3 Å². The zero-order valence-corrected chi connectivity index (χ0v) is 14.4. The number of benzene rings is 2. The fourth-order valence-electron chi connectivity index (χ4n) is 2.73. The third kappa shape index (κ3) is 3.56. The standard InChI is InChI=1S/C19H19NO6/c1-11-17(26-16-6-4-3-5-15(16)25-11)18(21)20-10-12-7-8-14(24-2)13(9-12)19(22)23/h3-9,11,17H,10H2,1-2H3,(H,20,21)(H,22,23). The number of fused-ring (bicyclic) bond motifs is 1. The van der Waals surface area contributed by atoms with E-state index in [4.69, 9.17) is 14.2 Å². The van der Waals surface area contributed by atoms with Gasteiger partial charge in [0, 0.05) is 6.54 Å². The molecule has 1 aliphatic rings. The number of hydrogen-bond donors (Lipinski definition) is 2. The summed E-state index contributed by atoms with van der Waals surface area (Å²) in [6, 6.07) is 11.9. The predicted octanol–water partition coefficient (Wildman–Crippen LogP) is 2.24. The first kappa shape index (κ1) is 17.6. The molecular weight excluding hydrogens is 338 g/mol. The molecule has 0 aliphatic carbocycles. The number of carbonyl (C=O) groups is 2. The number of hydrogen-bond acceptors (Lipinski definition) is 5. The molecule has 7 heteroatoms. The number of carboxylic acids is 1. The Hall–Kier alpha value is -3.22. The minimum atomic E-state index is -1.09. The van der Waals surface area contributed by atoms with Gasteiger partial charge in [0.05, 0.1) is 7.11 Å². The SMILES string of the molecule is COc1ccc(CNC(=O)C2Oc3ccccc3OC2C)cc1C(=O)O. The fraction of sp³-hybridized carbons (Fsp3) is 0.263. The van der Waals surface area contributed by atoms with Crippen LogP contribution in [0.1, 0.15) is 22.8 Å². The van der Waals surface area contributed by atoms with Crippen LogP contribution in [0.2, 0.25) is 0 Å². The summed E-state index contributed by atoms with van der Waals surface area (Å²) in [5.74, 6) is -0.0422. The van der Waals surface area contributed by atoms with Gasteiger partial charge in [-0.05, 0) is 36.8 Å². The maximum atomic E-state index is 12.5. The fourth-order valence-corrected chi connectivity index (χ4v) is 2.73. The largest absolute Gasteiger partial charge is 0.496 e. The summed E-state index contributed by atoms with van der Waals surface area (Å²) < 4.78 is 16.5. The molecule has 0 aromatic heterocycles. The molecule has 1 aliphatic heterocycles. The molecule has 3 rings (SSSR count). The van der Waals surface area contributed by atoms with Gasteiger partial charge in [0.15, 0.2) is 11.5 Å². The zero-order valence-electron chi connectivity index (χ0n) is 14.4. The van der Waals surface area contributed by atoms with Gasteiger partial charge in [-0.15, -0.1) is 0 Å². The van der Waals surface area contributed by atoms with E-state index in [2.05, 4.69) is 5.32 Å². The van der Waals surface area contributed by atoms with Gasteiger partial charge in [-0.2, -0.15) is 0 Å². The highest BCUT2D eigenvalue weighted by atomic mass is 16.6. The minimum absolute atomic E-state index is 0.0406. The van der Waals surface area contributed by atoms with Crippen LogP contribution in [-0.2, 0) is 11.3 Å². The van der Waals surface area contributed by atoms with E-state index < -0.39 is 18.2 Å². The number of amides is 1. The van der Waals surface area contributed by atoms with Crippen LogP contribution in [0, 0.1) is 0 Å². The number of rotatable bonds is 5. The van der Waals surface area contributed by atoms with Crippen molar-refractivity contribution in [2.75, 3.05) is 7.11 Å². The lowest BCUT2D eigenvalue weighted by Crippen LogP contribution is -2.48. The van der Waals surface area contributed by atoms with Crippen molar-refractivity contribution in [3.05, 3.63) is 53.6 Å². The van der Waals surface area contributed by atoms with Crippen molar-refractivity contribution in [3.8, 4) is 17.2 Å². The Morgan fingerprint density at radius 2 is 1.85 bits per heavy atom. The second kappa shape index (κ2) is 7.35. The summed E-state index contributed by atoms with van der Waals surface area (Å²) in [7, 11) is 1.41. The number of aromatic carboxylic acids is 1. The molecule has 2 aromatic carbocycles. The molecule has 0 saturated carbocycles. The van der Waals surface area contributed by atoms with Gasteiger partial charge in [0.25, 0.3) is 5.91 Å². The van der Waals surface area contributed by atoms with Crippen LogP contribution >= 0.6 is 0 Å². The Morgan fingerprint density at radius 1 is 1.15 bits per heavy atom. The van der Waals surface area contributed by atoms with E-state index in [1.807, 2.05) is 6.07 Å². The summed E-state index contributed by atoms with van der Waals surface area (Å²) in [6.45, 7) is 1.92. The normalized spacial score (nSPS) is 18.1. The molecule has 2 N–H and O–H groups in total. The van der Waals surface area contributed by atoms with Crippen LogP contribution in [0.15, 0.2) is 42.5 Å².